The van der Waals surface area contributed by atoms with Gasteiger partial charge in [0.05, 0.1) is 0 Å². The van der Waals surface area contributed by atoms with Gasteiger partial charge in [0.15, 0.2) is 0 Å². The van der Waals surface area contributed by atoms with Gasteiger partial charge in [0.1, 0.15) is 0 Å². The SMILES string of the molecule is CCNC(c1ccsc1)C1CCC(C)C(C)C1. The zero-order valence-corrected chi connectivity index (χ0v) is 12.1. The van der Waals surface area contributed by atoms with Crippen LogP contribution in [0.15, 0.2) is 16.8 Å². The van der Waals surface area contributed by atoms with Crippen LogP contribution in [0.2, 0.25) is 0 Å². The monoisotopic (exact) mass is 251 g/mol. The van der Waals surface area contributed by atoms with E-state index in [1.165, 1.54) is 24.8 Å². The molecule has 1 heterocycles. The Bertz CT molecular complexity index is 320. The molecule has 0 aromatic carbocycles. The van der Waals surface area contributed by atoms with Crippen molar-refractivity contribution >= 4 is 11.3 Å². The van der Waals surface area contributed by atoms with Gasteiger partial charge < -0.3 is 5.32 Å². The molecule has 4 atom stereocenters. The van der Waals surface area contributed by atoms with Crippen LogP contribution >= 0.6 is 11.3 Å². The van der Waals surface area contributed by atoms with Crippen molar-refractivity contribution in [1.82, 2.24) is 5.32 Å². The van der Waals surface area contributed by atoms with Crippen molar-refractivity contribution in [3.63, 3.8) is 0 Å². The smallest absolute Gasteiger partial charge is 0.0356 e. The molecule has 1 saturated carbocycles. The van der Waals surface area contributed by atoms with Crippen LogP contribution in [0.4, 0.5) is 0 Å². The molecule has 4 unspecified atom stereocenters. The van der Waals surface area contributed by atoms with Gasteiger partial charge >= 0.3 is 0 Å². The molecular weight excluding hydrogens is 226 g/mol. The lowest BCUT2D eigenvalue weighted by Crippen LogP contribution is -2.33. The van der Waals surface area contributed by atoms with Crippen LogP contribution in [0.5, 0.6) is 0 Å². The minimum Gasteiger partial charge on any atom is -0.310 e. The first-order valence-electron chi connectivity index (χ1n) is 6.97. The van der Waals surface area contributed by atoms with Crippen LogP contribution in [0.25, 0.3) is 0 Å². The van der Waals surface area contributed by atoms with Crippen LogP contribution in [-0.4, -0.2) is 6.54 Å². The molecule has 0 amide bonds. The van der Waals surface area contributed by atoms with Crippen molar-refractivity contribution in [2.45, 2.75) is 46.1 Å². The number of thiophene rings is 1. The minimum atomic E-state index is 0.584. The van der Waals surface area contributed by atoms with Crippen LogP contribution < -0.4 is 5.32 Å². The predicted octanol–water partition coefficient (Wildman–Crippen LogP) is 4.47. The third-order valence-corrected chi connectivity index (χ3v) is 5.14. The van der Waals surface area contributed by atoms with Crippen molar-refractivity contribution in [3.8, 4) is 0 Å². The third kappa shape index (κ3) is 3.11. The summed E-state index contributed by atoms with van der Waals surface area (Å²) in [6.07, 6.45) is 4.17. The maximum Gasteiger partial charge on any atom is 0.0356 e. The van der Waals surface area contributed by atoms with E-state index >= 15 is 0 Å². The quantitative estimate of drug-likeness (QED) is 0.832. The zero-order chi connectivity index (χ0) is 12.3. The lowest BCUT2D eigenvalue weighted by molar-refractivity contribution is 0.172. The van der Waals surface area contributed by atoms with E-state index in [0.29, 0.717) is 6.04 Å². The van der Waals surface area contributed by atoms with Crippen molar-refractivity contribution in [3.05, 3.63) is 22.4 Å². The fourth-order valence-corrected chi connectivity index (χ4v) is 3.82. The molecule has 2 rings (SSSR count). The third-order valence-electron chi connectivity index (χ3n) is 4.44. The molecule has 0 bridgehead atoms. The van der Waals surface area contributed by atoms with Crippen LogP contribution in [0.1, 0.15) is 51.6 Å². The summed E-state index contributed by atoms with van der Waals surface area (Å²) < 4.78 is 0. The fourth-order valence-electron chi connectivity index (χ4n) is 3.12. The van der Waals surface area contributed by atoms with E-state index in [4.69, 9.17) is 0 Å². The maximum absolute atomic E-state index is 3.70. The summed E-state index contributed by atoms with van der Waals surface area (Å²) in [5.41, 5.74) is 1.50. The second kappa shape index (κ2) is 6.01. The van der Waals surface area contributed by atoms with Crippen LogP contribution in [-0.2, 0) is 0 Å². The van der Waals surface area contributed by atoms with E-state index in [1.54, 1.807) is 0 Å². The Labute approximate surface area is 110 Å². The zero-order valence-electron chi connectivity index (χ0n) is 11.3. The highest BCUT2D eigenvalue weighted by Gasteiger charge is 2.30. The van der Waals surface area contributed by atoms with E-state index < -0.39 is 0 Å². The molecule has 1 aliphatic rings. The first kappa shape index (κ1) is 13.1. The topological polar surface area (TPSA) is 12.0 Å². The highest BCUT2D eigenvalue weighted by Crippen LogP contribution is 2.40. The summed E-state index contributed by atoms with van der Waals surface area (Å²) in [4.78, 5) is 0. The molecule has 2 heteroatoms. The van der Waals surface area contributed by atoms with E-state index in [0.717, 1.165) is 24.3 Å². The number of nitrogens with one attached hydrogen (secondary N) is 1. The largest absolute Gasteiger partial charge is 0.310 e. The van der Waals surface area contributed by atoms with E-state index in [-0.39, 0.29) is 0 Å². The first-order chi connectivity index (χ1) is 8.22. The second-order valence-corrected chi connectivity index (χ2v) is 6.40. The van der Waals surface area contributed by atoms with E-state index in [2.05, 4.69) is 42.9 Å². The normalized spacial score (nSPS) is 31.4. The molecule has 0 aliphatic heterocycles. The lowest BCUT2D eigenvalue weighted by Gasteiger charge is -2.37. The Hall–Kier alpha value is -0.340. The summed E-state index contributed by atoms with van der Waals surface area (Å²) in [7, 11) is 0. The number of hydrogen-bond acceptors (Lipinski definition) is 2. The van der Waals surface area contributed by atoms with Gasteiger partial charge in [0.2, 0.25) is 0 Å². The van der Waals surface area contributed by atoms with Gasteiger partial charge in [-0.05, 0) is 59.5 Å². The number of hydrogen-bond donors (Lipinski definition) is 1. The Morgan fingerprint density at radius 3 is 2.76 bits per heavy atom. The van der Waals surface area contributed by atoms with Gasteiger partial charge in [-0.1, -0.05) is 27.2 Å². The molecule has 1 aliphatic carbocycles. The molecule has 1 nitrogen and oxygen atoms in total. The average Bonchev–Trinajstić information content (AvgIpc) is 2.83. The van der Waals surface area contributed by atoms with Crippen molar-refractivity contribution in [2.75, 3.05) is 6.54 Å². The summed E-state index contributed by atoms with van der Waals surface area (Å²) in [5, 5.41) is 8.22. The molecule has 1 fully saturated rings. The fraction of sp³-hybridized carbons (Fsp3) is 0.733. The lowest BCUT2D eigenvalue weighted by atomic mass is 9.72. The first-order valence-corrected chi connectivity index (χ1v) is 7.92. The second-order valence-electron chi connectivity index (χ2n) is 5.62. The molecule has 0 saturated heterocycles. The van der Waals surface area contributed by atoms with Crippen molar-refractivity contribution < 1.29 is 0 Å². The summed E-state index contributed by atoms with van der Waals surface area (Å²) in [5.74, 6) is 2.63. The van der Waals surface area contributed by atoms with Crippen molar-refractivity contribution in [2.24, 2.45) is 17.8 Å². The molecule has 1 aromatic heterocycles. The molecule has 0 radical (unpaired) electrons. The Morgan fingerprint density at radius 1 is 1.35 bits per heavy atom. The Balaban J connectivity index is 2.06. The molecule has 0 spiro atoms. The summed E-state index contributed by atoms with van der Waals surface area (Å²) >= 11 is 1.82. The highest BCUT2D eigenvalue weighted by atomic mass is 32.1. The Kier molecular flexibility index (Phi) is 4.63. The van der Waals surface area contributed by atoms with Gasteiger partial charge in [-0.2, -0.15) is 11.3 Å². The van der Waals surface area contributed by atoms with E-state index in [9.17, 15) is 0 Å². The van der Waals surface area contributed by atoms with Crippen LogP contribution in [0, 0.1) is 17.8 Å². The molecule has 17 heavy (non-hydrogen) atoms. The molecule has 96 valence electrons. The summed E-state index contributed by atoms with van der Waals surface area (Å²) in [6.45, 7) is 8.12. The van der Waals surface area contributed by atoms with Gasteiger partial charge in [0, 0.05) is 6.04 Å². The van der Waals surface area contributed by atoms with E-state index in [1.807, 2.05) is 11.3 Å². The maximum atomic E-state index is 3.70. The van der Waals surface area contributed by atoms with Crippen LogP contribution in [0.3, 0.4) is 0 Å². The Morgan fingerprint density at radius 2 is 2.18 bits per heavy atom. The van der Waals surface area contributed by atoms with Crippen molar-refractivity contribution in [1.29, 1.82) is 0 Å². The standard InChI is InChI=1S/C15H25NS/c1-4-16-15(14-7-8-17-10-14)13-6-5-11(2)12(3)9-13/h7-8,10-13,15-16H,4-6,9H2,1-3H3. The van der Waals surface area contributed by atoms with Gasteiger partial charge in [-0.3, -0.25) is 0 Å². The van der Waals surface area contributed by atoms with Gasteiger partial charge in [0.25, 0.3) is 0 Å². The molecule has 1 N–H and O–H groups in total. The summed E-state index contributed by atoms with van der Waals surface area (Å²) in [6, 6.07) is 2.88. The minimum absolute atomic E-state index is 0.584. The number of rotatable bonds is 4. The van der Waals surface area contributed by atoms with Gasteiger partial charge in [-0.15, -0.1) is 0 Å². The predicted molar refractivity (Wildman–Crippen MR) is 76.4 cm³/mol. The van der Waals surface area contributed by atoms with Gasteiger partial charge in [-0.25, -0.2) is 0 Å². The average molecular weight is 251 g/mol. The highest BCUT2D eigenvalue weighted by molar-refractivity contribution is 7.07. The molecular formula is C15H25NS. The molecule has 1 aromatic rings.